The third-order valence-electron chi connectivity index (χ3n) is 3.06. The van der Waals surface area contributed by atoms with E-state index >= 15 is 0 Å². The van der Waals surface area contributed by atoms with Gasteiger partial charge in [-0.25, -0.2) is 0 Å². The predicted molar refractivity (Wildman–Crippen MR) is 85.2 cm³/mol. The molecule has 0 atom stereocenters. The number of pyridine rings is 1. The molecule has 0 aliphatic rings. The molecule has 3 nitrogen and oxygen atoms in total. The van der Waals surface area contributed by atoms with Crippen LogP contribution in [0.3, 0.4) is 0 Å². The number of carbonyl (C=O) groups is 1. The molecular formula is C17H14N2OS. The zero-order valence-corrected chi connectivity index (χ0v) is 12.1. The van der Waals surface area contributed by atoms with Crippen molar-refractivity contribution in [3.05, 3.63) is 77.4 Å². The van der Waals surface area contributed by atoms with E-state index in [1.54, 1.807) is 12.4 Å². The number of carbonyl (C=O) groups excluding carboxylic acids is 1. The van der Waals surface area contributed by atoms with Crippen LogP contribution in [0, 0.1) is 0 Å². The maximum absolute atomic E-state index is 12.1. The van der Waals surface area contributed by atoms with Gasteiger partial charge in [0.1, 0.15) is 0 Å². The second kappa shape index (κ2) is 6.33. The average molecular weight is 294 g/mol. The van der Waals surface area contributed by atoms with Gasteiger partial charge in [-0.2, -0.15) is 0 Å². The van der Waals surface area contributed by atoms with Gasteiger partial charge in [0.2, 0.25) is 0 Å². The molecule has 0 aliphatic heterocycles. The van der Waals surface area contributed by atoms with Crippen molar-refractivity contribution in [2.75, 3.05) is 0 Å². The van der Waals surface area contributed by atoms with Crippen molar-refractivity contribution in [1.82, 2.24) is 10.3 Å². The number of rotatable bonds is 4. The molecule has 0 unspecified atom stereocenters. The van der Waals surface area contributed by atoms with Gasteiger partial charge in [0.15, 0.2) is 0 Å². The van der Waals surface area contributed by atoms with Crippen LogP contribution in [0.4, 0.5) is 0 Å². The summed E-state index contributed by atoms with van der Waals surface area (Å²) in [5.41, 5.74) is 2.12. The lowest BCUT2D eigenvalue weighted by Gasteiger charge is -2.02. The van der Waals surface area contributed by atoms with Gasteiger partial charge in [0.25, 0.3) is 5.91 Å². The molecule has 104 valence electrons. The van der Waals surface area contributed by atoms with Crippen molar-refractivity contribution in [3.63, 3.8) is 0 Å². The summed E-state index contributed by atoms with van der Waals surface area (Å²) in [4.78, 5) is 18.0. The van der Waals surface area contributed by atoms with Gasteiger partial charge in [-0.1, -0.05) is 36.4 Å². The topological polar surface area (TPSA) is 42.0 Å². The molecule has 0 spiro atoms. The van der Waals surface area contributed by atoms with Gasteiger partial charge in [-0.3, -0.25) is 9.78 Å². The second-order valence-electron chi connectivity index (χ2n) is 4.57. The highest BCUT2D eigenvalue weighted by molar-refractivity contribution is 7.17. The Morgan fingerprint density at radius 3 is 2.67 bits per heavy atom. The van der Waals surface area contributed by atoms with E-state index in [1.807, 2.05) is 54.6 Å². The Hall–Kier alpha value is -2.46. The number of benzene rings is 1. The van der Waals surface area contributed by atoms with Crippen molar-refractivity contribution >= 4 is 17.2 Å². The molecule has 0 bridgehead atoms. The van der Waals surface area contributed by atoms with Crippen LogP contribution in [-0.2, 0) is 6.54 Å². The number of aromatic nitrogens is 1. The Bertz CT molecular complexity index is 723. The molecule has 2 heterocycles. The first-order valence-corrected chi connectivity index (χ1v) is 7.47. The predicted octanol–water partition coefficient (Wildman–Crippen LogP) is 3.74. The van der Waals surface area contributed by atoms with Gasteiger partial charge in [-0.05, 0) is 29.3 Å². The Morgan fingerprint density at radius 2 is 1.90 bits per heavy atom. The number of thiophene rings is 1. The number of nitrogens with one attached hydrogen (secondary N) is 1. The van der Waals surface area contributed by atoms with E-state index in [1.165, 1.54) is 11.3 Å². The maximum atomic E-state index is 12.1. The molecule has 3 rings (SSSR count). The first-order valence-electron chi connectivity index (χ1n) is 6.65. The smallest absolute Gasteiger partial charge is 0.261 e. The van der Waals surface area contributed by atoms with Gasteiger partial charge < -0.3 is 5.32 Å². The zero-order chi connectivity index (χ0) is 14.5. The van der Waals surface area contributed by atoms with Crippen LogP contribution in [0.1, 0.15) is 15.2 Å². The number of hydrogen-bond donors (Lipinski definition) is 1. The molecule has 1 amide bonds. The normalized spacial score (nSPS) is 10.3. The first-order chi connectivity index (χ1) is 10.3. The molecule has 0 fully saturated rings. The molecule has 0 aliphatic carbocycles. The summed E-state index contributed by atoms with van der Waals surface area (Å²) in [6, 6.07) is 17.7. The van der Waals surface area contributed by atoms with E-state index in [0.29, 0.717) is 6.54 Å². The Morgan fingerprint density at radius 1 is 1.05 bits per heavy atom. The highest BCUT2D eigenvalue weighted by Crippen LogP contribution is 2.27. The molecule has 4 heteroatoms. The lowest BCUT2D eigenvalue weighted by Crippen LogP contribution is -2.21. The Kier molecular flexibility index (Phi) is 4.07. The summed E-state index contributed by atoms with van der Waals surface area (Å²) in [6.45, 7) is 0.491. The van der Waals surface area contributed by atoms with Gasteiger partial charge in [0.05, 0.1) is 4.88 Å². The van der Waals surface area contributed by atoms with E-state index in [-0.39, 0.29) is 5.91 Å². The summed E-state index contributed by atoms with van der Waals surface area (Å²) in [6.07, 6.45) is 3.47. The lowest BCUT2D eigenvalue weighted by atomic mass is 10.2. The van der Waals surface area contributed by atoms with Crippen LogP contribution in [0.25, 0.3) is 10.4 Å². The fourth-order valence-electron chi connectivity index (χ4n) is 1.99. The fraction of sp³-hybridized carbons (Fsp3) is 0.0588. The Labute approximate surface area is 127 Å². The summed E-state index contributed by atoms with van der Waals surface area (Å²) < 4.78 is 0. The Balaban J connectivity index is 1.67. The first kappa shape index (κ1) is 13.5. The van der Waals surface area contributed by atoms with Crippen molar-refractivity contribution in [2.45, 2.75) is 6.54 Å². The molecule has 0 radical (unpaired) electrons. The zero-order valence-electron chi connectivity index (χ0n) is 11.3. The molecule has 1 aromatic carbocycles. The van der Waals surface area contributed by atoms with Gasteiger partial charge >= 0.3 is 0 Å². The third kappa shape index (κ3) is 3.35. The molecule has 1 N–H and O–H groups in total. The number of nitrogens with zero attached hydrogens (tertiary/aromatic N) is 1. The van der Waals surface area contributed by atoms with E-state index in [2.05, 4.69) is 10.3 Å². The van der Waals surface area contributed by atoms with Crippen LogP contribution in [0.15, 0.2) is 67.0 Å². The van der Waals surface area contributed by atoms with Crippen LogP contribution in [0.5, 0.6) is 0 Å². The third-order valence-corrected chi connectivity index (χ3v) is 4.20. The van der Waals surface area contributed by atoms with Crippen molar-refractivity contribution < 1.29 is 4.79 Å². The second-order valence-corrected chi connectivity index (χ2v) is 5.66. The van der Waals surface area contributed by atoms with Crippen LogP contribution >= 0.6 is 11.3 Å². The minimum atomic E-state index is -0.0500. The minimum absolute atomic E-state index is 0.0500. The van der Waals surface area contributed by atoms with Gasteiger partial charge in [0, 0.05) is 23.8 Å². The van der Waals surface area contributed by atoms with Crippen LogP contribution < -0.4 is 5.32 Å². The van der Waals surface area contributed by atoms with Crippen molar-refractivity contribution in [2.24, 2.45) is 0 Å². The van der Waals surface area contributed by atoms with Crippen LogP contribution in [0.2, 0.25) is 0 Å². The molecule has 0 saturated carbocycles. The average Bonchev–Trinajstić information content (AvgIpc) is 3.04. The fourth-order valence-corrected chi connectivity index (χ4v) is 2.92. The molecule has 3 aromatic rings. The molecular weight excluding hydrogens is 280 g/mol. The van der Waals surface area contributed by atoms with E-state index in [9.17, 15) is 4.79 Å². The minimum Gasteiger partial charge on any atom is -0.347 e. The summed E-state index contributed by atoms with van der Waals surface area (Å²) in [5, 5.41) is 2.91. The van der Waals surface area contributed by atoms with E-state index in [0.717, 1.165) is 20.9 Å². The highest BCUT2D eigenvalue weighted by atomic mass is 32.1. The van der Waals surface area contributed by atoms with Crippen molar-refractivity contribution in [1.29, 1.82) is 0 Å². The SMILES string of the molecule is O=C(NCc1cccnc1)c1ccc(-c2ccccc2)s1. The quantitative estimate of drug-likeness (QED) is 0.796. The van der Waals surface area contributed by atoms with Crippen molar-refractivity contribution in [3.8, 4) is 10.4 Å². The summed E-state index contributed by atoms with van der Waals surface area (Å²) >= 11 is 1.50. The maximum Gasteiger partial charge on any atom is 0.261 e. The van der Waals surface area contributed by atoms with E-state index < -0.39 is 0 Å². The monoisotopic (exact) mass is 294 g/mol. The largest absolute Gasteiger partial charge is 0.347 e. The number of amides is 1. The molecule has 0 saturated heterocycles. The molecule has 21 heavy (non-hydrogen) atoms. The standard InChI is InChI=1S/C17H14N2OS/c20-17(19-12-13-5-4-10-18-11-13)16-9-8-15(21-16)14-6-2-1-3-7-14/h1-11H,12H2,(H,19,20). The highest BCUT2D eigenvalue weighted by Gasteiger charge is 2.09. The molecule has 2 aromatic heterocycles. The van der Waals surface area contributed by atoms with Crippen LogP contribution in [-0.4, -0.2) is 10.9 Å². The summed E-state index contributed by atoms with van der Waals surface area (Å²) in [7, 11) is 0. The number of hydrogen-bond acceptors (Lipinski definition) is 3. The van der Waals surface area contributed by atoms with Gasteiger partial charge in [-0.15, -0.1) is 11.3 Å². The van der Waals surface area contributed by atoms with E-state index in [4.69, 9.17) is 0 Å². The lowest BCUT2D eigenvalue weighted by molar-refractivity contribution is 0.0955. The summed E-state index contributed by atoms with van der Waals surface area (Å²) in [5.74, 6) is -0.0500.